The van der Waals surface area contributed by atoms with E-state index in [1.54, 1.807) is 42.5 Å². The number of amides is 3. The standard InChI is InChI=1S/C25H18BrFN2O5/c26-17-4-8-19(9-5-17)29-23(30)12-20(25(29)32)28(24(31)16-2-6-18(27)7-3-16)13-15-1-10-21-22(11-15)34-14-33-21/h1-11,20H,12-14H2. The Kier molecular flexibility index (Phi) is 5.79. The Morgan fingerprint density at radius 2 is 1.71 bits per heavy atom. The normalized spacial score (nSPS) is 16.8. The topological polar surface area (TPSA) is 76.1 Å². The summed E-state index contributed by atoms with van der Waals surface area (Å²) in [6.07, 6.45) is -0.160. The van der Waals surface area contributed by atoms with Gasteiger partial charge >= 0.3 is 0 Å². The molecule has 2 heterocycles. The van der Waals surface area contributed by atoms with Gasteiger partial charge in [-0.2, -0.15) is 0 Å². The van der Waals surface area contributed by atoms with Crippen LogP contribution in [0.4, 0.5) is 10.1 Å². The van der Waals surface area contributed by atoms with Crippen molar-refractivity contribution in [2.75, 3.05) is 11.7 Å². The Morgan fingerprint density at radius 3 is 2.44 bits per heavy atom. The summed E-state index contributed by atoms with van der Waals surface area (Å²) in [4.78, 5) is 42.2. The molecular formula is C25H18BrFN2O5. The number of ether oxygens (including phenoxy) is 2. The molecular weight excluding hydrogens is 507 g/mol. The highest BCUT2D eigenvalue weighted by Gasteiger charge is 2.44. The Balaban J connectivity index is 1.49. The van der Waals surface area contributed by atoms with E-state index in [0.29, 0.717) is 22.7 Å². The van der Waals surface area contributed by atoms with Crippen molar-refractivity contribution in [2.45, 2.75) is 19.0 Å². The molecule has 2 aliphatic heterocycles. The Bertz CT molecular complexity index is 1280. The predicted molar refractivity (Wildman–Crippen MR) is 124 cm³/mol. The lowest BCUT2D eigenvalue weighted by Crippen LogP contribution is -2.45. The van der Waals surface area contributed by atoms with E-state index in [4.69, 9.17) is 9.47 Å². The highest BCUT2D eigenvalue weighted by molar-refractivity contribution is 9.10. The van der Waals surface area contributed by atoms with Crippen molar-refractivity contribution in [3.63, 3.8) is 0 Å². The van der Waals surface area contributed by atoms with Gasteiger partial charge < -0.3 is 14.4 Å². The highest BCUT2D eigenvalue weighted by atomic mass is 79.9. The number of fused-ring (bicyclic) bond motifs is 1. The second-order valence-electron chi connectivity index (χ2n) is 7.89. The van der Waals surface area contributed by atoms with Crippen LogP contribution >= 0.6 is 15.9 Å². The van der Waals surface area contributed by atoms with Crippen LogP contribution in [0, 0.1) is 5.82 Å². The molecule has 1 saturated heterocycles. The zero-order chi connectivity index (χ0) is 23.8. The third-order valence-corrected chi connectivity index (χ3v) is 6.25. The van der Waals surface area contributed by atoms with E-state index in [1.807, 2.05) is 0 Å². The first-order valence-electron chi connectivity index (χ1n) is 10.5. The van der Waals surface area contributed by atoms with Crippen molar-refractivity contribution in [3.05, 3.63) is 88.1 Å². The first-order valence-corrected chi connectivity index (χ1v) is 11.3. The smallest absolute Gasteiger partial charge is 0.257 e. The maximum Gasteiger partial charge on any atom is 0.257 e. The van der Waals surface area contributed by atoms with Crippen molar-refractivity contribution in [1.82, 2.24) is 4.90 Å². The van der Waals surface area contributed by atoms with Crippen LogP contribution in [-0.2, 0) is 16.1 Å². The zero-order valence-electron chi connectivity index (χ0n) is 17.7. The molecule has 0 spiro atoms. The first-order chi connectivity index (χ1) is 16.4. The number of halogens is 2. The number of carbonyl (C=O) groups excluding carboxylic acids is 3. The monoisotopic (exact) mass is 524 g/mol. The van der Waals surface area contributed by atoms with Crippen LogP contribution in [0.1, 0.15) is 22.3 Å². The van der Waals surface area contributed by atoms with E-state index < -0.39 is 29.6 Å². The first kappa shape index (κ1) is 22.1. The molecule has 0 aliphatic carbocycles. The number of hydrogen-bond donors (Lipinski definition) is 0. The molecule has 0 saturated carbocycles. The summed E-state index contributed by atoms with van der Waals surface area (Å²) in [5, 5.41) is 0. The van der Waals surface area contributed by atoms with Gasteiger partial charge in [-0.05, 0) is 66.2 Å². The summed E-state index contributed by atoms with van der Waals surface area (Å²) in [6.45, 7) is 0.152. The molecule has 1 atom stereocenters. The molecule has 1 fully saturated rings. The molecule has 3 amide bonds. The highest BCUT2D eigenvalue weighted by Crippen LogP contribution is 2.34. The largest absolute Gasteiger partial charge is 0.454 e. The van der Waals surface area contributed by atoms with E-state index >= 15 is 0 Å². The quantitative estimate of drug-likeness (QED) is 0.465. The fourth-order valence-corrected chi connectivity index (χ4v) is 4.30. The molecule has 1 unspecified atom stereocenters. The number of anilines is 1. The van der Waals surface area contributed by atoms with E-state index in [1.165, 1.54) is 29.2 Å². The van der Waals surface area contributed by atoms with E-state index in [2.05, 4.69) is 15.9 Å². The number of rotatable bonds is 5. The van der Waals surface area contributed by atoms with E-state index in [0.717, 1.165) is 9.37 Å². The minimum atomic E-state index is -1.01. The molecule has 0 aromatic heterocycles. The maximum absolute atomic E-state index is 13.5. The van der Waals surface area contributed by atoms with Crippen LogP contribution in [0.2, 0.25) is 0 Å². The molecule has 2 aliphatic rings. The predicted octanol–water partition coefficient (Wildman–Crippen LogP) is 4.29. The molecule has 5 rings (SSSR count). The molecule has 9 heteroatoms. The minimum absolute atomic E-state index is 0.0463. The van der Waals surface area contributed by atoms with Gasteiger partial charge in [-0.25, -0.2) is 9.29 Å². The Hall–Kier alpha value is -3.72. The lowest BCUT2D eigenvalue weighted by molar-refractivity contribution is -0.122. The average Bonchev–Trinajstić information content (AvgIpc) is 3.41. The van der Waals surface area contributed by atoms with Crippen molar-refractivity contribution < 1.29 is 28.2 Å². The number of nitrogens with zero attached hydrogens (tertiary/aromatic N) is 2. The lowest BCUT2D eigenvalue weighted by Gasteiger charge is -2.28. The average molecular weight is 525 g/mol. The second-order valence-corrected chi connectivity index (χ2v) is 8.81. The van der Waals surface area contributed by atoms with Crippen molar-refractivity contribution in [3.8, 4) is 11.5 Å². The third kappa shape index (κ3) is 4.14. The van der Waals surface area contributed by atoms with Crippen LogP contribution < -0.4 is 14.4 Å². The van der Waals surface area contributed by atoms with Gasteiger partial charge in [0.25, 0.3) is 11.8 Å². The molecule has 3 aromatic rings. The van der Waals surface area contributed by atoms with Gasteiger partial charge in [0.15, 0.2) is 11.5 Å². The molecule has 7 nitrogen and oxygen atoms in total. The van der Waals surface area contributed by atoms with Crippen LogP contribution in [0.5, 0.6) is 11.5 Å². The van der Waals surface area contributed by atoms with Crippen LogP contribution in [0.15, 0.2) is 71.2 Å². The SMILES string of the molecule is O=C1CC(N(Cc2ccc3c(c2)OCO3)C(=O)c2ccc(F)cc2)C(=O)N1c1ccc(Br)cc1. The summed E-state index contributed by atoms with van der Waals surface area (Å²) in [6, 6.07) is 16.1. The van der Waals surface area contributed by atoms with Crippen LogP contribution in [0.3, 0.4) is 0 Å². The number of hydrogen-bond acceptors (Lipinski definition) is 5. The molecule has 172 valence electrons. The fourth-order valence-electron chi connectivity index (χ4n) is 4.04. The minimum Gasteiger partial charge on any atom is -0.454 e. The van der Waals surface area contributed by atoms with Gasteiger partial charge in [0, 0.05) is 16.6 Å². The maximum atomic E-state index is 13.5. The Morgan fingerprint density at radius 1 is 1.00 bits per heavy atom. The second kappa shape index (κ2) is 8.90. The molecule has 0 N–H and O–H groups in total. The van der Waals surface area contributed by atoms with Gasteiger partial charge in [0.1, 0.15) is 11.9 Å². The summed E-state index contributed by atoms with van der Waals surface area (Å²) in [5.41, 5.74) is 1.34. The number of imide groups is 1. The fraction of sp³-hybridized carbons (Fsp3) is 0.160. The summed E-state index contributed by atoms with van der Waals surface area (Å²) in [5.74, 6) is -0.733. The molecule has 0 bridgehead atoms. The summed E-state index contributed by atoms with van der Waals surface area (Å²) >= 11 is 3.34. The van der Waals surface area contributed by atoms with Crippen molar-refractivity contribution >= 4 is 39.3 Å². The van der Waals surface area contributed by atoms with Crippen molar-refractivity contribution in [2.24, 2.45) is 0 Å². The molecule has 3 aromatic carbocycles. The number of benzene rings is 3. The van der Waals surface area contributed by atoms with Crippen molar-refractivity contribution in [1.29, 1.82) is 0 Å². The lowest BCUT2D eigenvalue weighted by atomic mass is 10.1. The van der Waals surface area contributed by atoms with Gasteiger partial charge in [-0.3, -0.25) is 14.4 Å². The van der Waals surface area contributed by atoms with Gasteiger partial charge in [0.2, 0.25) is 12.7 Å². The van der Waals surface area contributed by atoms with Crippen LogP contribution in [-0.4, -0.2) is 35.5 Å². The molecule has 0 radical (unpaired) electrons. The van der Waals surface area contributed by atoms with Gasteiger partial charge in [0.05, 0.1) is 12.1 Å². The summed E-state index contributed by atoms with van der Waals surface area (Å²) in [7, 11) is 0. The molecule has 34 heavy (non-hydrogen) atoms. The third-order valence-electron chi connectivity index (χ3n) is 5.73. The van der Waals surface area contributed by atoms with E-state index in [-0.39, 0.29) is 25.3 Å². The van der Waals surface area contributed by atoms with Gasteiger partial charge in [-0.1, -0.05) is 22.0 Å². The van der Waals surface area contributed by atoms with E-state index in [9.17, 15) is 18.8 Å². The Labute approximate surface area is 202 Å². The summed E-state index contributed by atoms with van der Waals surface area (Å²) < 4.78 is 25.0. The number of carbonyl (C=O) groups is 3. The van der Waals surface area contributed by atoms with Gasteiger partial charge in [-0.15, -0.1) is 0 Å². The zero-order valence-corrected chi connectivity index (χ0v) is 19.3. The van der Waals surface area contributed by atoms with Crippen LogP contribution in [0.25, 0.3) is 0 Å².